The summed E-state index contributed by atoms with van der Waals surface area (Å²) in [6.45, 7) is 20.1. The van der Waals surface area contributed by atoms with E-state index in [1.165, 1.54) is 75.9 Å². The van der Waals surface area contributed by atoms with Crippen molar-refractivity contribution in [1.82, 2.24) is 0 Å². The molecule has 4 rings (SSSR count). The summed E-state index contributed by atoms with van der Waals surface area (Å²) in [5, 5.41) is 0. The van der Waals surface area contributed by atoms with Crippen LogP contribution in [0.1, 0.15) is 126 Å². The van der Waals surface area contributed by atoms with E-state index in [1.54, 1.807) is 0 Å². The van der Waals surface area contributed by atoms with Crippen LogP contribution < -0.4 is 0 Å². The van der Waals surface area contributed by atoms with Crippen LogP contribution in [0.3, 0.4) is 0 Å². The van der Waals surface area contributed by atoms with Gasteiger partial charge in [0.25, 0.3) is 0 Å². The van der Waals surface area contributed by atoms with Crippen LogP contribution in [0.2, 0.25) is 18.1 Å². The number of rotatable bonds is 11. The van der Waals surface area contributed by atoms with Crippen LogP contribution in [0, 0.1) is 58.2 Å². The SMILES string of the molecule is CC[C@@H]1CC[C@@]2(C)[C@@H](C1)C[C@@H](O[Si](CC)(CC)CC)C1[C@@H]2C[C@H](CC)[C@]2(C)[C@@H]([C@H](C)CCC=O)CC[C@@H]12. The molecule has 4 aliphatic rings. The highest BCUT2D eigenvalue weighted by Crippen LogP contribution is 2.71. The largest absolute Gasteiger partial charge is 0.414 e. The standard InChI is InChI=1S/C34H62O2Si/c1-9-25-18-19-33(7)27(21-25)23-31(36-37(11-3,12-4)13-5)32-29-17-16-28(24(6)15-14-20-35)34(29,8)26(10-2)22-30(32)33/h20,24-32H,9-19,21-23H2,1-8H3/t24-,25-,26+,27+,28-,29+,30+,31-,32?,33+,34-/m1/s1. The summed E-state index contributed by atoms with van der Waals surface area (Å²) in [4.78, 5) is 11.3. The summed E-state index contributed by atoms with van der Waals surface area (Å²) >= 11 is 0. The lowest BCUT2D eigenvalue weighted by molar-refractivity contribution is -0.185. The number of hydrogen-bond acceptors (Lipinski definition) is 2. The van der Waals surface area contributed by atoms with Crippen molar-refractivity contribution < 1.29 is 9.22 Å². The van der Waals surface area contributed by atoms with Crippen LogP contribution in [0.5, 0.6) is 0 Å². The first-order valence-corrected chi connectivity index (χ1v) is 19.3. The van der Waals surface area contributed by atoms with Gasteiger partial charge in [-0.25, -0.2) is 0 Å². The van der Waals surface area contributed by atoms with Crippen LogP contribution in [-0.2, 0) is 9.22 Å². The van der Waals surface area contributed by atoms with E-state index in [0.29, 0.717) is 22.9 Å². The predicted molar refractivity (Wildman–Crippen MR) is 160 cm³/mol. The third kappa shape index (κ3) is 4.98. The fourth-order valence-electron chi connectivity index (χ4n) is 11.3. The highest BCUT2D eigenvalue weighted by Gasteiger charge is 2.66. The van der Waals surface area contributed by atoms with Crippen LogP contribution >= 0.6 is 0 Å². The molecule has 0 spiro atoms. The van der Waals surface area contributed by atoms with Crippen molar-refractivity contribution in [3.63, 3.8) is 0 Å². The van der Waals surface area contributed by atoms with Gasteiger partial charge in [-0.1, -0.05) is 68.2 Å². The summed E-state index contributed by atoms with van der Waals surface area (Å²) in [6.07, 6.45) is 16.1. The second-order valence-corrected chi connectivity index (χ2v) is 19.5. The van der Waals surface area contributed by atoms with Gasteiger partial charge >= 0.3 is 0 Å². The molecule has 4 fully saturated rings. The molecule has 0 radical (unpaired) electrons. The second-order valence-electron chi connectivity index (χ2n) is 14.8. The minimum Gasteiger partial charge on any atom is -0.414 e. The Morgan fingerprint density at radius 2 is 1.62 bits per heavy atom. The van der Waals surface area contributed by atoms with Crippen LogP contribution in [0.15, 0.2) is 0 Å². The molecule has 0 bridgehead atoms. The Bertz CT molecular complexity index is 755. The third-order valence-corrected chi connectivity index (χ3v) is 18.7. The lowest BCUT2D eigenvalue weighted by atomic mass is 9.41. The number of hydrogen-bond donors (Lipinski definition) is 0. The van der Waals surface area contributed by atoms with Crippen LogP contribution in [0.4, 0.5) is 0 Å². The van der Waals surface area contributed by atoms with Gasteiger partial charge in [0.2, 0.25) is 0 Å². The number of carbonyl (C=O) groups excluding carboxylic acids is 1. The molecule has 3 heteroatoms. The number of carbonyl (C=O) groups is 1. The van der Waals surface area contributed by atoms with Gasteiger partial charge in [-0.2, -0.15) is 0 Å². The zero-order valence-corrected chi connectivity index (χ0v) is 27.0. The fourth-order valence-corrected chi connectivity index (χ4v) is 14.2. The Kier molecular flexibility index (Phi) is 9.48. The van der Waals surface area contributed by atoms with E-state index < -0.39 is 8.32 Å². The van der Waals surface area contributed by atoms with Crippen molar-refractivity contribution in [2.75, 3.05) is 0 Å². The molecule has 0 aromatic heterocycles. The molecule has 2 nitrogen and oxygen atoms in total. The molecular formula is C34H62O2Si. The minimum atomic E-state index is -1.68. The highest BCUT2D eigenvalue weighted by molar-refractivity contribution is 6.73. The van der Waals surface area contributed by atoms with E-state index in [4.69, 9.17) is 4.43 Å². The van der Waals surface area contributed by atoms with Gasteiger partial charge in [0, 0.05) is 12.5 Å². The molecule has 0 aromatic carbocycles. The van der Waals surface area contributed by atoms with Gasteiger partial charge in [0.15, 0.2) is 8.32 Å². The maximum Gasteiger partial charge on any atom is 0.192 e. The van der Waals surface area contributed by atoms with Crippen molar-refractivity contribution in [3.8, 4) is 0 Å². The summed E-state index contributed by atoms with van der Waals surface area (Å²) in [5.74, 6) is 6.47. The molecule has 0 N–H and O–H groups in total. The summed E-state index contributed by atoms with van der Waals surface area (Å²) in [6, 6.07) is 3.83. The summed E-state index contributed by atoms with van der Waals surface area (Å²) < 4.78 is 7.63. The topological polar surface area (TPSA) is 26.3 Å². The van der Waals surface area contributed by atoms with Crippen LogP contribution in [0.25, 0.3) is 0 Å². The first kappa shape index (κ1) is 29.8. The van der Waals surface area contributed by atoms with Crippen LogP contribution in [-0.4, -0.2) is 20.7 Å². The minimum absolute atomic E-state index is 0.415. The molecule has 4 saturated carbocycles. The quantitative estimate of drug-likeness (QED) is 0.196. The van der Waals surface area contributed by atoms with Gasteiger partial charge in [-0.3, -0.25) is 0 Å². The molecule has 4 aliphatic carbocycles. The molecule has 1 unspecified atom stereocenters. The molecule has 11 atom stereocenters. The lowest BCUT2D eigenvalue weighted by Crippen LogP contribution is -2.62. The third-order valence-electron chi connectivity index (χ3n) is 14.0. The van der Waals surface area contributed by atoms with E-state index in [1.807, 2.05) is 0 Å². The Hall–Kier alpha value is -0.153. The molecule has 0 saturated heterocycles. The molecule has 214 valence electrons. The Balaban J connectivity index is 1.74. The molecule has 0 heterocycles. The van der Waals surface area contributed by atoms with E-state index in [9.17, 15) is 4.79 Å². The molecule has 0 amide bonds. The van der Waals surface area contributed by atoms with E-state index in [-0.39, 0.29) is 0 Å². The normalized spacial score (nSPS) is 44.5. The van der Waals surface area contributed by atoms with Crippen molar-refractivity contribution >= 4 is 14.6 Å². The van der Waals surface area contributed by atoms with Gasteiger partial charge < -0.3 is 9.22 Å². The fraction of sp³-hybridized carbons (Fsp3) is 0.971. The lowest BCUT2D eigenvalue weighted by Gasteiger charge is -2.66. The number of aldehydes is 1. The molecular weight excluding hydrogens is 468 g/mol. The van der Waals surface area contributed by atoms with Crippen molar-refractivity contribution in [2.45, 2.75) is 150 Å². The average molecular weight is 531 g/mol. The van der Waals surface area contributed by atoms with Crippen molar-refractivity contribution in [1.29, 1.82) is 0 Å². The smallest absolute Gasteiger partial charge is 0.192 e. The van der Waals surface area contributed by atoms with E-state index in [2.05, 4.69) is 55.4 Å². The zero-order chi connectivity index (χ0) is 27.0. The Labute approximate surface area is 232 Å². The first-order valence-electron chi connectivity index (χ1n) is 16.8. The number of fused-ring (bicyclic) bond motifs is 5. The first-order chi connectivity index (χ1) is 17.7. The Morgan fingerprint density at radius 3 is 2.22 bits per heavy atom. The monoisotopic (exact) mass is 530 g/mol. The maximum atomic E-state index is 11.3. The van der Waals surface area contributed by atoms with Gasteiger partial charge in [-0.05, 0) is 128 Å². The molecule has 37 heavy (non-hydrogen) atoms. The van der Waals surface area contributed by atoms with E-state index >= 15 is 0 Å². The molecule has 0 aliphatic heterocycles. The Morgan fingerprint density at radius 1 is 0.919 bits per heavy atom. The van der Waals surface area contributed by atoms with Gasteiger partial charge in [0.1, 0.15) is 6.29 Å². The highest BCUT2D eigenvalue weighted by atomic mass is 28.4. The second kappa shape index (κ2) is 11.8. The van der Waals surface area contributed by atoms with Gasteiger partial charge in [0.05, 0.1) is 0 Å². The van der Waals surface area contributed by atoms with E-state index in [0.717, 1.165) is 60.6 Å². The maximum absolute atomic E-state index is 11.3. The zero-order valence-electron chi connectivity index (χ0n) is 26.0. The van der Waals surface area contributed by atoms with Crippen molar-refractivity contribution in [3.05, 3.63) is 0 Å². The molecule has 0 aromatic rings. The average Bonchev–Trinajstić information content (AvgIpc) is 3.27. The van der Waals surface area contributed by atoms with Crippen molar-refractivity contribution in [2.24, 2.45) is 58.2 Å². The predicted octanol–water partition coefficient (Wildman–Crippen LogP) is 9.92. The van der Waals surface area contributed by atoms with Gasteiger partial charge in [-0.15, -0.1) is 0 Å². The summed E-state index contributed by atoms with van der Waals surface area (Å²) in [7, 11) is -1.68. The summed E-state index contributed by atoms with van der Waals surface area (Å²) in [5.41, 5.74) is 0.930.